The van der Waals surface area contributed by atoms with Gasteiger partial charge in [0.05, 0.1) is 18.8 Å². The van der Waals surface area contributed by atoms with E-state index in [1.807, 2.05) is 12.1 Å². The lowest BCUT2D eigenvalue weighted by molar-refractivity contribution is 0.394. The molecule has 2 aromatic rings. The zero-order valence-electron chi connectivity index (χ0n) is 10.9. The van der Waals surface area contributed by atoms with E-state index in [1.165, 1.54) is 24.1 Å². The summed E-state index contributed by atoms with van der Waals surface area (Å²) in [5.74, 6) is 0.686. The van der Waals surface area contributed by atoms with Gasteiger partial charge in [0.1, 0.15) is 0 Å². The monoisotopic (exact) mass is 252 g/mol. The Bertz CT molecular complexity index is 634. The molecule has 4 rings (SSSR count). The van der Waals surface area contributed by atoms with Crippen molar-refractivity contribution in [3.63, 3.8) is 0 Å². The number of rotatable bonds is 2. The van der Waals surface area contributed by atoms with Gasteiger partial charge in [-0.05, 0) is 30.5 Å². The van der Waals surface area contributed by atoms with Crippen LogP contribution in [0.5, 0.6) is 5.88 Å². The summed E-state index contributed by atoms with van der Waals surface area (Å²) in [6.07, 6.45) is 2.47. The van der Waals surface area contributed by atoms with Gasteiger partial charge in [0.15, 0.2) is 0 Å². The van der Waals surface area contributed by atoms with E-state index < -0.39 is 0 Å². The van der Waals surface area contributed by atoms with Crippen LogP contribution in [0.3, 0.4) is 0 Å². The summed E-state index contributed by atoms with van der Waals surface area (Å²) < 4.78 is 5.24. The summed E-state index contributed by atoms with van der Waals surface area (Å²) >= 11 is 0. The maximum atomic E-state index is 5.24. The molecule has 0 bridgehead atoms. The van der Waals surface area contributed by atoms with E-state index in [0.717, 1.165) is 5.69 Å². The number of anilines is 1. The first-order valence-corrected chi connectivity index (χ1v) is 6.70. The molecule has 1 aromatic heterocycles. The minimum atomic E-state index is 0.260. The molecule has 0 saturated heterocycles. The van der Waals surface area contributed by atoms with Crippen molar-refractivity contribution in [2.24, 2.45) is 0 Å². The van der Waals surface area contributed by atoms with Gasteiger partial charge in [-0.3, -0.25) is 0 Å². The summed E-state index contributed by atoms with van der Waals surface area (Å²) in [4.78, 5) is 4.61. The molecule has 96 valence electrons. The van der Waals surface area contributed by atoms with E-state index in [0.29, 0.717) is 5.88 Å². The Hall–Kier alpha value is -2.03. The van der Waals surface area contributed by atoms with Crippen molar-refractivity contribution in [3.05, 3.63) is 53.7 Å². The van der Waals surface area contributed by atoms with Crippen LogP contribution in [0, 0.1) is 0 Å². The Labute approximate surface area is 112 Å². The Morgan fingerprint density at radius 3 is 2.79 bits per heavy atom. The minimum Gasteiger partial charge on any atom is -0.481 e. The SMILES string of the molecule is COc1cccc(C2Nc3ccccc3C23CC3)n1. The van der Waals surface area contributed by atoms with Gasteiger partial charge < -0.3 is 10.1 Å². The summed E-state index contributed by atoms with van der Waals surface area (Å²) in [5.41, 5.74) is 4.04. The van der Waals surface area contributed by atoms with Gasteiger partial charge in [0.2, 0.25) is 5.88 Å². The average molecular weight is 252 g/mol. The second-order valence-corrected chi connectivity index (χ2v) is 5.38. The van der Waals surface area contributed by atoms with Crippen LogP contribution in [-0.2, 0) is 5.41 Å². The molecule has 0 amide bonds. The van der Waals surface area contributed by atoms with Crippen LogP contribution >= 0.6 is 0 Å². The van der Waals surface area contributed by atoms with Gasteiger partial charge in [-0.25, -0.2) is 4.98 Å². The van der Waals surface area contributed by atoms with Crippen LogP contribution in [0.4, 0.5) is 5.69 Å². The summed E-state index contributed by atoms with van der Waals surface area (Å²) in [5, 5.41) is 3.64. The number of fused-ring (bicyclic) bond motifs is 2. The van der Waals surface area contributed by atoms with Crippen LogP contribution in [0.25, 0.3) is 0 Å². The lowest BCUT2D eigenvalue weighted by Gasteiger charge is -2.19. The number of methoxy groups -OCH3 is 1. The van der Waals surface area contributed by atoms with Crippen molar-refractivity contribution < 1.29 is 4.74 Å². The Kier molecular flexibility index (Phi) is 2.13. The molecule has 1 aromatic carbocycles. The summed E-state index contributed by atoms with van der Waals surface area (Å²) in [6, 6.07) is 14.9. The van der Waals surface area contributed by atoms with E-state index in [2.05, 4.69) is 40.6 Å². The molecule has 1 saturated carbocycles. The minimum absolute atomic E-state index is 0.260. The zero-order valence-corrected chi connectivity index (χ0v) is 10.9. The number of nitrogens with zero attached hydrogens (tertiary/aromatic N) is 1. The van der Waals surface area contributed by atoms with Gasteiger partial charge in [0, 0.05) is 17.2 Å². The molecule has 1 aliphatic heterocycles. The highest BCUT2D eigenvalue weighted by Crippen LogP contribution is 2.62. The van der Waals surface area contributed by atoms with E-state index in [-0.39, 0.29) is 11.5 Å². The third-order valence-electron chi connectivity index (χ3n) is 4.35. The topological polar surface area (TPSA) is 34.1 Å². The van der Waals surface area contributed by atoms with Crippen molar-refractivity contribution >= 4 is 5.69 Å². The Balaban J connectivity index is 1.78. The molecule has 1 N–H and O–H groups in total. The molecule has 19 heavy (non-hydrogen) atoms. The fraction of sp³-hybridized carbons (Fsp3) is 0.312. The molecule has 1 atom stereocenters. The molecule has 1 spiro atoms. The van der Waals surface area contributed by atoms with Crippen molar-refractivity contribution in [3.8, 4) is 5.88 Å². The molecule has 2 aliphatic rings. The normalized spacial score (nSPS) is 21.8. The Morgan fingerprint density at radius 2 is 2.00 bits per heavy atom. The summed E-state index contributed by atoms with van der Waals surface area (Å²) in [6.45, 7) is 0. The number of para-hydroxylation sites is 1. The van der Waals surface area contributed by atoms with Gasteiger partial charge in [-0.2, -0.15) is 0 Å². The highest BCUT2D eigenvalue weighted by atomic mass is 16.5. The van der Waals surface area contributed by atoms with Crippen molar-refractivity contribution in [2.45, 2.75) is 24.3 Å². The second-order valence-electron chi connectivity index (χ2n) is 5.38. The van der Waals surface area contributed by atoms with Crippen LogP contribution in [-0.4, -0.2) is 12.1 Å². The van der Waals surface area contributed by atoms with Crippen LogP contribution in [0.2, 0.25) is 0 Å². The van der Waals surface area contributed by atoms with Crippen molar-refractivity contribution in [2.75, 3.05) is 12.4 Å². The molecule has 3 heteroatoms. The van der Waals surface area contributed by atoms with E-state index in [1.54, 1.807) is 7.11 Å². The molecule has 0 radical (unpaired) electrons. The van der Waals surface area contributed by atoms with Crippen LogP contribution in [0.15, 0.2) is 42.5 Å². The predicted octanol–water partition coefficient (Wildman–Crippen LogP) is 3.29. The molecular formula is C16H16N2O. The molecular weight excluding hydrogens is 236 g/mol. The molecule has 1 unspecified atom stereocenters. The fourth-order valence-corrected chi connectivity index (χ4v) is 3.25. The highest BCUT2D eigenvalue weighted by molar-refractivity contribution is 5.65. The van der Waals surface area contributed by atoms with Gasteiger partial charge >= 0.3 is 0 Å². The third kappa shape index (κ3) is 1.47. The lowest BCUT2D eigenvalue weighted by atomic mass is 9.89. The summed E-state index contributed by atoms with van der Waals surface area (Å²) in [7, 11) is 1.66. The smallest absolute Gasteiger partial charge is 0.213 e. The van der Waals surface area contributed by atoms with E-state index >= 15 is 0 Å². The largest absolute Gasteiger partial charge is 0.481 e. The van der Waals surface area contributed by atoms with Crippen LogP contribution < -0.4 is 10.1 Å². The number of hydrogen-bond donors (Lipinski definition) is 1. The third-order valence-corrected chi connectivity index (χ3v) is 4.35. The van der Waals surface area contributed by atoms with Crippen molar-refractivity contribution in [1.29, 1.82) is 0 Å². The number of benzene rings is 1. The van der Waals surface area contributed by atoms with Crippen LogP contribution in [0.1, 0.15) is 30.1 Å². The average Bonchev–Trinajstić information content (AvgIpc) is 3.19. The quantitative estimate of drug-likeness (QED) is 0.890. The van der Waals surface area contributed by atoms with E-state index in [9.17, 15) is 0 Å². The van der Waals surface area contributed by atoms with Gasteiger partial charge in [0.25, 0.3) is 0 Å². The number of nitrogens with one attached hydrogen (secondary N) is 1. The van der Waals surface area contributed by atoms with E-state index in [4.69, 9.17) is 4.74 Å². The highest BCUT2D eigenvalue weighted by Gasteiger charge is 2.56. The first-order chi connectivity index (χ1) is 9.33. The second kappa shape index (κ2) is 3.73. The standard InChI is InChI=1S/C16H16N2O/c1-19-14-8-4-7-13(17-14)15-16(9-10-16)11-5-2-3-6-12(11)18-15/h2-8,15,18H,9-10H2,1H3. The van der Waals surface area contributed by atoms with Gasteiger partial charge in [-0.15, -0.1) is 0 Å². The molecule has 1 fully saturated rings. The number of hydrogen-bond acceptors (Lipinski definition) is 3. The van der Waals surface area contributed by atoms with Crippen molar-refractivity contribution in [1.82, 2.24) is 4.98 Å². The zero-order chi connectivity index (χ0) is 12.9. The number of ether oxygens (including phenoxy) is 1. The number of pyridine rings is 1. The maximum Gasteiger partial charge on any atom is 0.213 e. The molecule has 2 heterocycles. The predicted molar refractivity (Wildman–Crippen MR) is 74.5 cm³/mol. The maximum absolute atomic E-state index is 5.24. The molecule has 1 aliphatic carbocycles. The first kappa shape index (κ1) is 10.9. The van der Waals surface area contributed by atoms with Gasteiger partial charge in [-0.1, -0.05) is 24.3 Å². The Morgan fingerprint density at radius 1 is 1.16 bits per heavy atom. The number of aromatic nitrogens is 1. The lowest BCUT2D eigenvalue weighted by Crippen LogP contribution is -2.18. The fourth-order valence-electron chi connectivity index (χ4n) is 3.25. The molecule has 3 nitrogen and oxygen atoms in total. The first-order valence-electron chi connectivity index (χ1n) is 6.70.